The van der Waals surface area contributed by atoms with Crippen LogP contribution in [0.4, 0.5) is 0 Å². The standard InChI is InChI=1S/C17H23N5O3S2/c1-4-6-7-15-20-16(25-21-15)11(3)26-17-19-13-10-12(27(18,23)24)8-9-14(13)22(17)5-2/h8-11H,4-7H2,1-3H3,(H2,18,23,24). The molecule has 0 aliphatic carbocycles. The Balaban J connectivity index is 1.88. The number of aromatic nitrogens is 4. The molecule has 27 heavy (non-hydrogen) atoms. The third-order valence-electron chi connectivity index (χ3n) is 4.20. The van der Waals surface area contributed by atoms with Crippen LogP contribution in [0.3, 0.4) is 0 Å². The van der Waals surface area contributed by atoms with E-state index in [1.807, 2.05) is 18.4 Å². The van der Waals surface area contributed by atoms with Gasteiger partial charge in [-0.25, -0.2) is 18.5 Å². The Hall–Kier alpha value is -1.91. The van der Waals surface area contributed by atoms with Gasteiger partial charge in [0.25, 0.3) is 0 Å². The van der Waals surface area contributed by atoms with E-state index in [-0.39, 0.29) is 10.1 Å². The Morgan fingerprint density at radius 1 is 1.30 bits per heavy atom. The molecule has 0 radical (unpaired) electrons. The molecule has 1 atom stereocenters. The maximum atomic E-state index is 11.6. The molecule has 1 unspecified atom stereocenters. The van der Waals surface area contributed by atoms with Crippen LogP contribution in [0.1, 0.15) is 50.6 Å². The Morgan fingerprint density at radius 2 is 2.07 bits per heavy atom. The topological polar surface area (TPSA) is 117 Å². The van der Waals surface area contributed by atoms with Crippen molar-refractivity contribution in [2.75, 3.05) is 0 Å². The van der Waals surface area contributed by atoms with Crippen LogP contribution in [0.5, 0.6) is 0 Å². The number of nitrogens with two attached hydrogens (primary N) is 1. The van der Waals surface area contributed by atoms with Gasteiger partial charge in [-0.15, -0.1) is 0 Å². The largest absolute Gasteiger partial charge is 0.338 e. The number of imidazole rings is 1. The van der Waals surface area contributed by atoms with E-state index in [9.17, 15) is 8.42 Å². The Bertz CT molecular complexity index is 1040. The number of nitrogens with zero attached hydrogens (tertiary/aromatic N) is 4. The number of primary sulfonamides is 1. The van der Waals surface area contributed by atoms with Crippen LogP contribution in [0.15, 0.2) is 32.8 Å². The van der Waals surface area contributed by atoms with Crippen molar-refractivity contribution in [1.29, 1.82) is 0 Å². The summed E-state index contributed by atoms with van der Waals surface area (Å²) in [6.45, 7) is 6.82. The van der Waals surface area contributed by atoms with Gasteiger partial charge < -0.3 is 9.09 Å². The van der Waals surface area contributed by atoms with E-state index in [1.54, 1.807) is 6.07 Å². The van der Waals surface area contributed by atoms with Crippen molar-refractivity contribution in [3.63, 3.8) is 0 Å². The van der Waals surface area contributed by atoms with E-state index >= 15 is 0 Å². The second kappa shape index (κ2) is 7.99. The maximum Gasteiger partial charge on any atom is 0.239 e. The minimum atomic E-state index is -3.76. The lowest BCUT2D eigenvalue weighted by Crippen LogP contribution is -2.11. The Morgan fingerprint density at radius 3 is 2.74 bits per heavy atom. The molecule has 2 aromatic heterocycles. The molecule has 3 aromatic rings. The molecule has 3 rings (SSSR count). The molecule has 0 amide bonds. The zero-order valence-corrected chi connectivity index (χ0v) is 17.2. The van der Waals surface area contributed by atoms with Gasteiger partial charge in [-0.05, 0) is 38.5 Å². The fraction of sp³-hybridized carbons (Fsp3) is 0.471. The van der Waals surface area contributed by atoms with Gasteiger partial charge in [0.05, 0.1) is 21.2 Å². The number of aryl methyl sites for hydroxylation is 2. The first-order valence-corrected chi connectivity index (χ1v) is 11.3. The molecule has 0 bridgehead atoms. The molecule has 2 N–H and O–H groups in total. The summed E-state index contributed by atoms with van der Waals surface area (Å²) in [6, 6.07) is 4.73. The van der Waals surface area contributed by atoms with E-state index in [4.69, 9.17) is 9.66 Å². The van der Waals surface area contributed by atoms with Crippen LogP contribution in [0.25, 0.3) is 11.0 Å². The minimum Gasteiger partial charge on any atom is -0.338 e. The number of hydrogen-bond donors (Lipinski definition) is 1. The first kappa shape index (κ1) is 19.8. The predicted octanol–water partition coefficient (Wildman–Crippen LogP) is 3.28. The molecule has 0 saturated heterocycles. The summed E-state index contributed by atoms with van der Waals surface area (Å²) in [5.41, 5.74) is 1.45. The van der Waals surface area contributed by atoms with Gasteiger partial charge in [0, 0.05) is 13.0 Å². The molecule has 0 aliphatic heterocycles. The molecule has 0 spiro atoms. The van der Waals surface area contributed by atoms with E-state index < -0.39 is 10.0 Å². The zero-order chi connectivity index (χ0) is 19.6. The fourth-order valence-corrected chi connectivity index (χ4v) is 4.29. The monoisotopic (exact) mass is 409 g/mol. The molecule has 146 valence electrons. The number of unbranched alkanes of at least 4 members (excludes halogenated alkanes) is 1. The van der Waals surface area contributed by atoms with Gasteiger partial charge in [-0.3, -0.25) is 0 Å². The molecule has 0 aliphatic rings. The van der Waals surface area contributed by atoms with Crippen molar-refractivity contribution < 1.29 is 12.9 Å². The highest BCUT2D eigenvalue weighted by molar-refractivity contribution is 7.99. The van der Waals surface area contributed by atoms with Crippen LogP contribution >= 0.6 is 11.8 Å². The van der Waals surface area contributed by atoms with E-state index in [2.05, 4.69) is 22.0 Å². The van der Waals surface area contributed by atoms with Crippen LogP contribution in [-0.4, -0.2) is 28.1 Å². The van der Waals surface area contributed by atoms with Crippen LogP contribution in [0, 0.1) is 0 Å². The Kier molecular flexibility index (Phi) is 5.87. The van der Waals surface area contributed by atoms with Crippen LogP contribution in [-0.2, 0) is 23.0 Å². The summed E-state index contributed by atoms with van der Waals surface area (Å²) in [7, 11) is -3.76. The molecule has 2 heterocycles. The number of thioether (sulfide) groups is 1. The average molecular weight is 410 g/mol. The number of fused-ring (bicyclic) bond motifs is 1. The summed E-state index contributed by atoms with van der Waals surface area (Å²) < 4.78 is 30.6. The first-order chi connectivity index (χ1) is 12.8. The van der Waals surface area contributed by atoms with E-state index in [0.29, 0.717) is 18.0 Å². The van der Waals surface area contributed by atoms with Gasteiger partial charge in [0.2, 0.25) is 15.9 Å². The molecule has 8 nitrogen and oxygen atoms in total. The number of hydrogen-bond acceptors (Lipinski definition) is 7. The molecule has 10 heteroatoms. The Labute approximate surface area is 162 Å². The van der Waals surface area contributed by atoms with Crippen molar-refractivity contribution in [3.8, 4) is 0 Å². The second-order valence-electron chi connectivity index (χ2n) is 6.25. The van der Waals surface area contributed by atoms with Gasteiger partial charge in [-0.2, -0.15) is 4.98 Å². The second-order valence-corrected chi connectivity index (χ2v) is 9.12. The van der Waals surface area contributed by atoms with Crippen LogP contribution < -0.4 is 5.14 Å². The third kappa shape index (κ3) is 4.33. The quantitative estimate of drug-likeness (QED) is 0.567. The molecular weight excluding hydrogens is 386 g/mol. The van der Waals surface area contributed by atoms with E-state index in [1.165, 1.54) is 23.9 Å². The summed E-state index contributed by atoms with van der Waals surface area (Å²) in [6.07, 6.45) is 2.91. The van der Waals surface area contributed by atoms with E-state index in [0.717, 1.165) is 35.8 Å². The SMILES string of the molecule is CCCCc1noc(C(C)Sc2nc3cc(S(N)(=O)=O)ccc3n2CC)n1. The average Bonchev–Trinajstić information content (AvgIpc) is 3.22. The maximum absolute atomic E-state index is 11.6. The zero-order valence-electron chi connectivity index (χ0n) is 15.5. The highest BCUT2D eigenvalue weighted by Gasteiger charge is 2.20. The lowest BCUT2D eigenvalue weighted by atomic mass is 10.2. The van der Waals surface area contributed by atoms with Crippen LogP contribution in [0.2, 0.25) is 0 Å². The van der Waals surface area contributed by atoms with Crippen molar-refractivity contribution in [1.82, 2.24) is 19.7 Å². The summed E-state index contributed by atoms with van der Waals surface area (Å²) in [5, 5.41) is 9.94. The highest BCUT2D eigenvalue weighted by Crippen LogP contribution is 2.35. The lowest BCUT2D eigenvalue weighted by molar-refractivity contribution is 0.374. The molecular formula is C17H23N5O3S2. The predicted molar refractivity (Wildman–Crippen MR) is 104 cm³/mol. The smallest absolute Gasteiger partial charge is 0.239 e. The lowest BCUT2D eigenvalue weighted by Gasteiger charge is -2.08. The fourth-order valence-electron chi connectivity index (χ4n) is 2.74. The normalized spacial score (nSPS) is 13.3. The van der Waals surface area contributed by atoms with Gasteiger partial charge >= 0.3 is 0 Å². The first-order valence-electron chi connectivity index (χ1n) is 8.85. The molecule has 1 aromatic carbocycles. The number of sulfonamides is 1. The highest BCUT2D eigenvalue weighted by atomic mass is 32.2. The van der Waals surface area contributed by atoms with Gasteiger partial charge in [0.1, 0.15) is 0 Å². The number of benzene rings is 1. The molecule has 0 fully saturated rings. The summed E-state index contributed by atoms with van der Waals surface area (Å²) in [4.78, 5) is 9.12. The van der Waals surface area contributed by atoms with Crippen molar-refractivity contribution >= 4 is 32.8 Å². The van der Waals surface area contributed by atoms with Crippen molar-refractivity contribution in [2.24, 2.45) is 5.14 Å². The third-order valence-corrected chi connectivity index (χ3v) is 6.19. The van der Waals surface area contributed by atoms with Crippen molar-refractivity contribution in [3.05, 3.63) is 29.9 Å². The number of rotatable bonds is 8. The summed E-state index contributed by atoms with van der Waals surface area (Å²) >= 11 is 1.50. The van der Waals surface area contributed by atoms with Gasteiger partial charge in [0.15, 0.2) is 11.0 Å². The minimum absolute atomic E-state index is 0.0535. The summed E-state index contributed by atoms with van der Waals surface area (Å²) in [5.74, 6) is 1.28. The van der Waals surface area contributed by atoms with Gasteiger partial charge in [-0.1, -0.05) is 30.3 Å². The molecule has 0 saturated carbocycles. The van der Waals surface area contributed by atoms with Crippen molar-refractivity contribution in [2.45, 2.75) is 61.9 Å².